The average molecular weight is 377 g/mol. The van der Waals surface area contributed by atoms with Crippen molar-refractivity contribution in [2.24, 2.45) is 0 Å². The van der Waals surface area contributed by atoms with Crippen LogP contribution in [-0.2, 0) is 22.7 Å². The Labute approximate surface area is 143 Å². The molecule has 25 heavy (non-hydrogen) atoms. The lowest BCUT2D eigenvalue weighted by Gasteiger charge is -2.17. The van der Waals surface area contributed by atoms with Crippen LogP contribution in [0, 0.1) is 0 Å². The van der Waals surface area contributed by atoms with E-state index in [0.717, 1.165) is 6.42 Å². The molecule has 2 aromatic rings. The van der Waals surface area contributed by atoms with Gasteiger partial charge in [-0.15, -0.1) is 0 Å². The maximum atomic E-state index is 12.5. The number of alkyl halides is 3. The van der Waals surface area contributed by atoms with Crippen molar-refractivity contribution in [1.82, 2.24) is 14.4 Å². The van der Waals surface area contributed by atoms with Crippen molar-refractivity contribution >= 4 is 10.0 Å². The fourth-order valence-corrected chi connectivity index (χ4v) is 3.36. The molecule has 0 aliphatic rings. The quantitative estimate of drug-likeness (QED) is 0.740. The minimum atomic E-state index is -4.69. The van der Waals surface area contributed by atoms with Crippen molar-refractivity contribution < 1.29 is 26.1 Å². The number of benzene rings is 1. The first kappa shape index (κ1) is 19.4. The van der Waals surface area contributed by atoms with Gasteiger partial charge in [0.15, 0.2) is 0 Å². The lowest BCUT2D eigenvalue weighted by atomic mass is 10.1. The summed E-state index contributed by atoms with van der Waals surface area (Å²) < 4.78 is 67.0. The third-order valence-corrected chi connectivity index (χ3v) is 5.40. The Kier molecular flexibility index (Phi) is 5.83. The van der Waals surface area contributed by atoms with Crippen LogP contribution in [0.1, 0.15) is 31.2 Å². The molecule has 0 fully saturated rings. The van der Waals surface area contributed by atoms with Gasteiger partial charge in [-0.25, -0.2) is 12.7 Å². The van der Waals surface area contributed by atoms with Gasteiger partial charge >= 0.3 is 12.1 Å². The number of unbranched alkanes of at least 4 members (excludes halogenated alkanes) is 1. The summed E-state index contributed by atoms with van der Waals surface area (Å²) in [7, 11) is -1.83. The average Bonchev–Trinajstić information content (AvgIpc) is 3.04. The molecule has 1 aromatic heterocycles. The van der Waals surface area contributed by atoms with Gasteiger partial charge < -0.3 is 4.52 Å². The van der Waals surface area contributed by atoms with E-state index in [-0.39, 0.29) is 18.1 Å². The summed E-state index contributed by atoms with van der Waals surface area (Å²) in [4.78, 5) is 3.31. The van der Waals surface area contributed by atoms with Gasteiger partial charge in [-0.1, -0.05) is 42.8 Å². The molecule has 0 amide bonds. The molecular formula is C15H18F3N3O3S. The first-order valence-electron chi connectivity index (χ1n) is 7.57. The molecule has 6 nitrogen and oxygen atoms in total. The van der Waals surface area contributed by atoms with Crippen molar-refractivity contribution in [1.29, 1.82) is 0 Å². The van der Waals surface area contributed by atoms with Crippen LogP contribution in [0.25, 0.3) is 11.4 Å². The van der Waals surface area contributed by atoms with Crippen molar-refractivity contribution in [2.45, 2.75) is 32.5 Å². The van der Waals surface area contributed by atoms with E-state index in [2.05, 4.69) is 14.7 Å². The van der Waals surface area contributed by atoms with Crippen LogP contribution >= 0.6 is 0 Å². The van der Waals surface area contributed by atoms with E-state index in [0.29, 0.717) is 17.5 Å². The Morgan fingerprint density at radius 3 is 2.36 bits per heavy atom. The van der Waals surface area contributed by atoms with E-state index in [1.165, 1.54) is 23.5 Å². The van der Waals surface area contributed by atoms with Crippen LogP contribution in [0.3, 0.4) is 0 Å². The van der Waals surface area contributed by atoms with Gasteiger partial charge in [0.1, 0.15) is 0 Å². The van der Waals surface area contributed by atoms with E-state index < -0.39 is 22.1 Å². The molecule has 0 bridgehead atoms. The second-order valence-electron chi connectivity index (χ2n) is 5.54. The summed E-state index contributed by atoms with van der Waals surface area (Å²) in [5, 5.41) is 3.30. The highest BCUT2D eigenvalue weighted by Gasteiger charge is 2.38. The molecule has 0 spiro atoms. The van der Waals surface area contributed by atoms with E-state index in [4.69, 9.17) is 0 Å². The fourth-order valence-electron chi connectivity index (χ4n) is 2.05. The van der Waals surface area contributed by atoms with Crippen molar-refractivity contribution in [3.05, 3.63) is 35.7 Å². The van der Waals surface area contributed by atoms with Gasteiger partial charge in [-0.2, -0.15) is 18.2 Å². The van der Waals surface area contributed by atoms with E-state index in [9.17, 15) is 21.6 Å². The summed E-state index contributed by atoms with van der Waals surface area (Å²) in [5.41, 5.74) is 1.05. The number of sulfonamides is 1. The Morgan fingerprint density at radius 2 is 1.84 bits per heavy atom. The Balaban J connectivity index is 2.08. The molecule has 138 valence electrons. The summed E-state index contributed by atoms with van der Waals surface area (Å²) in [6.07, 6.45) is -3.32. The van der Waals surface area contributed by atoms with E-state index in [1.807, 2.05) is 6.92 Å². The summed E-state index contributed by atoms with van der Waals surface area (Å²) in [5.74, 6) is -1.50. The minimum Gasteiger partial charge on any atom is -0.329 e. The van der Waals surface area contributed by atoms with Gasteiger partial charge in [0.05, 0.1) is 5.75 Å². The number of halogens is 3. The maximum absolute atomic E-state index is 12.5. The summed E-state index contributed by atoms with van der Waals surface area (Å²) in [6.45, 7) is 2.09. The number of nitrogens with zero attached hydrogens (tertiary/aromatic N) is 3. The predicted octanol–water partition coefficient (Wildman–Crippen LogP) is 3.32. The molecule has 0 unspecified atom stereocenters. The smallest absolute Gasteiger partial charge is 0.329 e. The van der Waals surface area contributed by atoms with Crippen LogP contribution in [0.4, 0.5) is 13.2 Å². The van der Waals surface area contributed by atoms with Crippen molar-refractivity contribution in [3.8, 4) is 11.4 Å². The number of hydrogen-bond donors (Lipinski definition) is 0. The molecule has 10 heteroatoms. The van der Waals surface area contributed by atoms with Crippen LogP contribution < -0.4 is 0 Å². The van der Waals surface area contributed by atoms with Gasteiger partial charge in [-0.3, -0.25) is 0 Å². The first-order valence-corrected chi connectivity index (χ1v) is 9.18. The Bertz CT molecular complexity index is 801. The Hall–Kier alpha value is -1.94. The third-order valence-electron chi connectivity index (χ3n) is 3.52. The summed E-state index contributed by atoms with van der Waals surface area (Å²) in [6, 6.07) is 6.27. The van der Waals surface area contributed by atoms with Crippen LogP contribution in [-0.4, -0.2) is 35.7 Å². The number of hydrogen-bond acceptors (Lipinski definition) is 5. The molecule has 0 aliphatic heterocycles. The number of aromatic nitrogens is 2. The molecular weight excluding hydrogens is 359 g/mol. The van der Waals surface area contributed by atoms with Gasteiger partial charge in [0, 0.05) is 19.2 Å². The second-order valence-corrected chi connectivity index (χ2v) is 7.74. The fraction of sp³-hybridized carbons (Fsp3) is 0.467. The SMILES string of the molecule is CCCCS(=O)(=O)N(C)Cc1ccc(-c2noc(C(F)(F)F)n2)cc1. The van der Waals surface area contributed by atoms with Crippen molar-refractivity contribution in [3.63, 3.8) is 0 Å². The zero-order valence-corrected chi connectivity index (χ0v) is 14.6. The van der Waals surface area contributed by atoms with E-state index >= 15 is 0 Å². The minimum absolute atomic E-state index is 0.0845. The molecule has 0 atom stereocenters. The van der Waals surface area contributed by atoms with E-state index in [1.54, 1.807) is 12.1 Å². The highest BCUT2D eigenvalue weighted by molar-refractivity contribution is 7.89. The monoisotopic (exact) mass is 377 g/mol. The molecule has 0 radical (unpaired) electrons. The third kappa shape index (κ3) is 5.02. The lowest BCUT2D eigenvalue weighted by Crippen LogP contribution is -2.28. The van der Waals surface area contributed by atoms with Crippen LogP contribution in [0.2, 0.25) is 0 Å². The largest absolute Gasteiger partial charge is 0.471 e. The molecule has 0 saturated heterocycles. The second kappa shape index (κ2) is 7.52. The number of rotatable bonds is 7. The van der Waals surface area contributed by atoms with Gasteiger partial charge in [0.25, 0.3) is 0 Å². The molecule has 0 N–H and O–H groups in total. The molecule has 1 heterocycles. The molecule has 2 rings (SSSR count). The van der Waals surface area contributed by atoms with Gasteiger partial charge in [-0.05, 0) is 12.0 Å². The van der Waals surface area contributed by atoms with Gasteiger partial charge in [0.2, 0.25) is 15.8 Å². The highest BCUT2D eigenvalue weighted by Crippen LogP contribution is 2.29. The zero-order chi connectivity index (χ0) is 18.7. The topological polar surface area (TPSA) is 76.3 Å². The highest BCUT2D eigenvalue weighted by atomic mass is 32.2. The van der Waals surface area contributed by atoms with Crippen LogP contribution in [0.15, 0.2) is 28.8 Å². The Morgan fingerprint density at radius 1 is 1.20 bits per heavy atom. The molecule has 1 aromatic carbocycles. The standard InChI is InChI=1S/C15H18F3N3O3S/c1-3-4-9-25(22,23)21(2)10-11-5-7-12(8-6-11)13-19-14(24-20-13)15(16,17)18/h5-8H,3-4,9-10H2,1-2H3. The summed E-state index contributed by atoms with van der Waals surface area (Å²) >= 11 is 0. The van der Waals surface area contributed by atoms with Crippen LogP contribution in [0.5, 0.6) is 0 Å². The predicted molar refractivity (Wildman–Crippen MR) is 84.9 cm³/mol. The molecule has 0 aliphatic carbocycles. The zero-order valence-electron chi connectivity index (χ0n) is 13.7. The maximum Gasteiger partial charge on any atom is 0.471 e. The lowest BCUT2D eigenvalue weighted by molar-refractivity contribution is -0.159. The van der Waals surface area contributed by atoms with Crippen molar-refractivity contribution in [2.75, 3.05) is 12.8 Å². The normalized spacial score (nSPS) is 12.7. The first-order chi connectivity index (χ1) is 11.6. The molecule has 0 saturated carbocycles.